The Kier molecular flexibility index (Phi) is 4.82. The van der Waals surface area contributed by atoms with Gasteiger partial charge in [0.25, 0.3) is 0 Å². The van der Waals surface area contributed by atoms with Crippen LogP contribution < -0.4 is 0 Å². The molecule has 20 heavy (non-hydrogen) atoms. The highest BCUT2D eigenvalue weighted by Crippen LogP contribution is 2.20. The second kappa shape index (κ2) is 6.80. The smallest absolute Gasteiger partial charge is 0.312 e. The third-order valence-electron chi connectivity index (χ3n) is 3.19. The largest absolute Gasteiger partial charge is 0.481 e. The summed E-state index contributed by atoms with van der Waals surface area (Å²) in [6, 6.07) is 11.4. The standard InChI is InChI=1S/C16H18N2O2/c1-2-6-13-10-15(18-11-17-13)14(16(19)20)9-12-7-4-3-5-8-12/h3-5,7-8,10-11,14H,2,6,9H2,1H3,(H,19,20). The molecule has 0 aliphatic carbocycles. The van der Waals surface area contributed by atoms with Crippen LogP contribution in [0.25, 0.3) is 0 Å². The molecule has 1 N–H and O–H groups in total. The van der Waals surface area contributed by atoms with E-state index in [0.717, 1.165) is 24.1 Å². The number of benzene rings is 1. The number of carboxylic acids is 1. The molecular weight excluding hydrogens is 252 g/mol. The van der Waals surface area contributed by atoms with Crippen LogP contribution in [0.5, 0.6) is 0 Å². The van der Waals surface area contributed by atoms with Gasteiger partial charge in [-0.2, -0.15) is 0 Å². The van der Waals surface area contributed by atoms with Crippen LogP contribution in [0.3, 0.4) is 0 Å². The number of rotatable bonds is 6. The van der Waals surface area contributed by atoms with Gasteiger partial charge < -0.3 is 5.11 Å². The summed E-state index contributed by atoms with van der Waals surface area (Å²) in [5.41, 5.74) is 2.48. The maximum atomic E-state index is 11.5. The van der Waals surface area contributed by atoms with E-state index in [-0.39, 0.29) is 0 Å². The van der Waals surface area contributed by atoms with Gasteiger partial charge in [0.1, 0.15) is 12.2 Å². The molecule has 0 amide bonds. The number of aryl methyl sites for hydroxylation is 1. The summed E-state index contributed by atoms with van der Waals surface area (Å²) in [6.45, 7) is 2.07. The molecule has 0 bridgehead atoms. The third kappa shape index (κ3) is 3.63. The van der Waals surface area contributed by atoms with Crippen molar-refractivity contribution < 1.29 is 9.90 Å². The topological polar surface area (TPSA) is 63.1 Å². The lowest BCUT2D eigenvalue weighted by molar-refractivity contribution is -0.138. The van der Waals surface area contributed by atoms with Crippen LogP contribution in [0.4, 0.5) is 0 Å². The maximum Gasteiger partial charge on any atom is 0.312 e. The Morgan fingerprint density at radius 1 is 1.25 bits per heavy atom. The Balaban J connectivity index is 2.24. The van der Waals surface area contributed by atoms with Crippen molar-refractivity contribution in [3.63, 3.8) is 0 Å². The molecule has 0 fully saturated rings. The van der Waals surface area contributed by atoms with Crippen LogP contribution >= 0.6 is 0 Å². The quantitative estimate of drug-likeness (QED) is 0.876. The van der Waals surface area contributed by atoms with E-state index in [1.807, 2.05) is 36.4 Å². The van der Waals surface area contributed by atoms with Crippen molar-refractivity contribution in [2.75, 3.05) is 0 Å². The van der Waals surface area contributed by atoms with Crippen LogP contribution in [0, 0.1) is 0 Å². The minimum atomic E-state index is -0.852. The SMILES string of the molecule is CCCc1cc(C(Cc2ccccc2)C(=O)O)ncn1. The molecule has 0 aliphatic rings. The molecule has 1 unspecified atom stereocenters. The summed E-state index contributed by atoms with van der Waals surface area (Å²) in [7, 11) is 0. The molecule has 1 aromatic carbocycles. The lowest BCUT2D eigenvalue weighted by atomic mass is 9.95. The Morgan fingerprint density at radius 2 is 2.00 bits per heavy atom. The van der Waals surface area contributed by atoms with Crippen molar-refractivity contribution in [3.8, 4) is 0 Å². The van der Waals surface area contributed by atoms with Crippen LogP contribution in [-0.4, -0.2) is 21.0 Å². The van der Waals surface area contributed by atoms with E-state index in [9.17, 15) is 9.90 Å². The Hall–Kier alpha value is -2.23. The van der Waals surface area contributed by atoms with E-state index in [4.69, 9.17) is 0 Å². The molecule has 1 heterocycles. The second-order valence-corrected chi connectivity index (χ2v) is 4.76. The predicted molar refractivity (Wildman–Crippen MR) is 76.5 cm³/mol. The molecule has 0 saturated carbocycles. The van der Waals surface area contributed by atoms with Gasteiger partial charge in [-0.05, 0) is 24.5 Å². The number of carboxylic acid groups (broad SMARTS) is 1. The van der Waals surface area contributed by atoms with Gasteiger partial charge in [0, 0.05) is 5.69 Å². The minimum Gasteiger partial charge on any atom is -0.481 e. The molecule has 0 spiro atoms. The normalized spacial score (nSPS) is 12.1. The summed E-state index contributed by atoms with van der Waals surface area (Å²) in [5.74, 6) is -1.48. The summed E-state index contributed by atoms with van der Waals surface area (Å²) in [4.78, 5) is 19.8. The lowest BCUT2D eigenvalue weighted by Crippen LogP contribution is -2.16. The Labute approximate surface area is 118 Å². The molecule has 1 aromatic heterocycles. The van der Waals surface area contributed by atoms with Crippen molar-refractivity contribution in [1.82, 2.24) is 9.97 Å². The number of hydrogen-bond acceptors (Lipinski definition) is 3. The predicted octanol–water partition coefficient (Wildman–Crippen LogP) is 2.84. The number of nitrogens with zero attached hydrogens (tertiary/aromatic N) is 2. The monoisotopic (exact) mass is 270 g/mol. The zero-order valence-corrected chi connectivity index (χ0v) is 11.5. The van der Waals surface area contributed by atoms with Crippen molar-refractivity contribution in [3.05, 3.63) is 59.7 Å². The van der Waals surface area contributed by atoms with E-state index in [1.165, 1.54) is 6.33 Å². The number of hydrogen-bond donors (Lipinski definition) is 1. The van der Waals surface area contributed by atoms with E-state index in [1.54, 1.807) is 0 Å². The van der Waals surface area contributed by atoms with Gasteiger partial charge in [0.05, 0.1) is 5.69 Å². The molecule has 4 heteroatoms. The highest BCUT2D eigenvalue weighted by Gasteiger charge is 2.22. The Morgan fingerprint density at radius 3 is 2.65 bits per heavy atom. The maximum absolute atomic E-state index is 11.5. The van der Waals surface area contributed by atoms with E-state index in [0.29, 0.717) is 12.1 Å². The minimum absolute atomic E-state index is 0.443. The highest BCUT2D eigenvalue weighted by molar-refractivity contribution is 5.75. The van der Waals surface area contributed by atoms with Gasteiger partial charge in [-0.3, -0.25) is 4.79 Å². The summed E-state index contributed by atoms with van der Waals surface area (Å²) < 4.78 is 0. The average Bonchev–Trinajstić information content (AvgIpc) is 2.46. The van der Waals surface area contributed by atoms with Crippen LogP contribution in [0.15, 0.2) is 42.7 Å². The zero-order chi connectivity index (χ0) is 14.4. The first-order valence-electron chi connectivity index (χ1n) is 6.78. The Bertz CT molecular complexity index is 570. The third-order valence-corrected chi connectivity index (χ3v) is 3.19. The van der Waals surface area contributed by atoms with Gasteiger partial charge in [-0.15, -0.1) is 0 Å². The van der Waals surface area contributed by atoms with Crippen molar-refractivity contribution in [2.45, 2.75) is 32.1 Å². The average molecular weight is 270 g/mol. The van der Waals surface area contributed by atoms with Crippen LogP contribution in [0.2, 0.25) is 0 Å². The van der Waals surface area contributed by atoms with Gasteiger partial charge in [-0.1, -0.05) is 43.7 Å². The van der Waals surface area contributed by atoms with E-state index < -0.39 is 11.9 Å². The fourth-order valence-corrected chi connectivity index (χ4v) is 2.17. The van der Waals surface area contributed by atoms with Gasteiger partial charge in [0.2, 0.25) is 0 Å². The van der Waals surface area contributed by atoms with Crippen LogP contribution in [0.1, 0.15) is 36.2 Å². The first-order chi connectivity index (χ1) is 9.70. The van der Waals surface area contributed by atoms with Crippen molar-refractivity contribution in [2.24, 2.45) is 0 Å². The van der Waals surface area contributed by atoms with E-state index in [2.05, 4.69) is 16.9 Å². The van der Waals surface area contributed by atoms with Gasteiger partial charge >= 0.3 is 5.97 Å². The van der Waals surface area contributed by atoms with Gasteiger partial charge in [-0.25, -0.2) is 9.97 Å². The molecule has 0 radical (unpaired) electrons. The van der Waals surface area contributed by atoms with Crippen molar-refractivity contribution in [1.29, 1.82) is 0 Å². The fourth-order valence-electron chi connectivity index (χ4n) is 2.17. The first kappa shape index (κ1) is 14.2. The fraction of sp³-hybridized carbons (Fsp3) is 0.312. The number of carbonyl (C=O) groups is 1. The molecular formula is C16H18N2O2. The van der Waals surface area contributed by atoms with Crippen molar-refractivity contribution >= 4 is 5.97 Å². The molecule has 2 rings (SSSR count). The lowest BCUT2D eigenvalue weighted by Gasteiger charge is -2.12. The molecule has 0 saturated heterocycles. The molecule has 4 nitrogen and oxygen atoms in total. The number of aromatic nitrogens is 2. The molecule has 104 valence electrons. The summed E-state index contributed by atoms with van der Waals surface area (Å²) in [6.07, 6.45) is 3.72. The summed E-state index contributed by atoms with van der Waals surface area (Å²) in [5, 5.41) is 9.45. The molecule has 1 atom stereocenters. The molecule has 0 aliphatic heterocycles. The first-order valence-corrected chi connectivity index (χ1v) is 6.78. The zero-order valence-electron chi connectivity index (χ0n) is 11.5. The second-order valence-electron chi connectivity index (χ2n) is 4.76. The number of aliphatic carboxylic acids is 1. The van der Waals surface area contributed by atoms with Crippen LogP contribution in [-0.2, 0) is 17.6 Å². The molecule has 2 aromatic rings. The van der Waals surface area contributed by atoms with Gasteiger partial charge in [0.15, 0.2) is 0 Å². The van der Waals surface area contributed by atoms with E-state index >= 15 is 0 Å². The highest BCUT2D eigenvalue weighted by atomic mass is 16.4. The summed E-state index contributed by atoms with van der Waals surface area (Å²) >= 11 is 0.